The summed E-state index contributed by atoms with van der Waals surface area (Å²) < 4.78 is 0. The Morgan fingerprint density at radius 2 is 1.69 bits per heavy atom. The lowest BCUT2D eigenvalue weighted by atomic mass is 9.89. The number of nitriles is 1. The van der Waals surface area contributed by atoms with Gasteiger partial charge in [0.25, 0.3) is 11.8 Å². The zero-order chi connectivity index (χ0) is 25.1. The van der Waals surface area contributed by atoms with Gasteiger partial charge in [0, 0.05) is 37.9 Å². The number of pyridine rings is 2. The molecule has 2 saturated heterocycles. The van der Waals surface area contributed by atoms with E-state index in [0.29, 0.717) is 47.1 Å². The Morgan fingerprint density at radius 3 is 2.36 bits per heavy atom. The highest BCUT2D eigenvalue weighted by atomic mass is 16.2. The third-order valence-corrected chi connectivity index (χ3v) is 7.12. The number of likely N-dealkylation sites (tertiary alicyclic amines) is 1. The second-order valence-electron chi connectivity index (χ2n) is 9.35. The second kappa shape index (κ2) is 10.2. The molecule has 0 spiro atoms. The van der Waals surface area contributed by atoms with Gasteiger partial charge in [-0.15, -0.1) is 0 Å². The largest absolute Gasteiger partial charge is 0.366 e. The minimum atomic E-state index is -0.575. The third-order valence-electron chi connectivity index (χ3n) is 7.12. The van der Waals surface area contributed by atoms with Gasteiger partial charge in [-0.25, -0.2) is 4.98 Å². The number of anilines is 1. The highest BCUT2D eigenvalue weighted by Gasteiger charge is 2.26. The van der Waals surface area contributed by atoms with Crippen LogP contribution in [0.15, 0.2) is 54.7 Å². The summed E-state index contributed by atoms with van der Waals surface area (Å²) >= 11 is 0. The van der Waals surface area contributed by atoms with Crippen molar-refractivity contribution in [2.75, 3.05) is 31.1 Å². The van der Waals surface area contributed by atoms with E-state index in [9.17, 15) is 9.59 Å². The molecule has 182 valence electrons. The molecule has 2 amide bonds. The summed E-state index contributed by atoms with van der Waals surface area (Å²) in [5.74, 6) is 0.517. The molecule has 0 aliphatic carbocycles. The maximum absolute atomic E-state index is 13.3. The minimum absolute atomic E-state index is 0.0618. The predicted molar refractivity (Wildman–Crippen MR) is 136 cm³/mol. The molecule has 2 aliphatic heterocycles. The highest BCUT2D eigenvalue weighted by Crippen LogP contribution is 2.30. The van der Waals surface area contributed by atoms with Gasteiger partial charge in [-0.05, 0) is 73.6 Å². The molecule has 0 unspecified atom stereocenters. The van der Waals surface area contributed by atoms with E-state index in [-0.39, 0.29) is 5.91 Å². The van der Waals surface area contributed by atoms with Crippen LogP contribution in [-0.2, 0) is 0 Å². The number of aromatic nitrogens is 2. The Labute approximate surface area is 210 Å². The highest BCUT2D eigenvalue weighted by molar-refractivity contribution is 6.00. The van der Waals surface area contributed by atoms with Crippen molar-refractivity contribution in [1.82, 2.24) is 14.9 Å². The Hall–Kier alpha value is -4.25. The van der Waals surface area contributed by atoms with Crippen LogP contribution in [0, 0.1) is 11.3 Å². The van der Waals surface area contributed by atoms with Crippen molar-refractivity contribution in [3.63, 3.8) is 0 Å². The number of nitrogens with two attached hydrogens (primary N) is 1. The number of nitrogens with zero attached hydrogens (tertiary/aromatic N) is 5. The summed E-state index contributed by atoms with van der Waals surface area (Å²) in [6.07, 6.45) is 5.53. The van der Waals surface area contributed by atoms with Crippen LogP contribution in [-0.4, -0.2) is 52.9 Å². The monoisotopic (exact) mass is 480 g/mol. The molecule has 8 heteroatoms. The summed E-state index contributed by atoms with van der Waals surface area (Å²) in [4.78, 5) is 38.7. The summed E-state index contributed by atoms with van der Waals surface area (Å²) in [7, 11) is 0. The van der Waals surface area contributed by atoms with E-state index in [1.54, 1.807) is 24.4 Å². The molecule has 36 heavy (non-hydrogen) atoms. The first-order valence-corrected chi connectivity index (χ1v) is 12.3. The molecule has 2 N–H and O–H groups in total. The van der Waals surface area contributed by atoms with Crippen molar-refractivity contribution in [2.45, 2.75) is 31.6 Å². The van der Waals surface area contributed by atoms with Crippen LogP contribution in [0.5, 0.6) is 0 Å². The molecule has 0 bridgehead atoms. The van der Waals surface area contributed by atoms with Gasteiger partial charge in [-0.3, -0.25) is 14.6 Å². The van der Waals surface area contributed by atoms with E-state index in [1.165, 1.54) is 5.56 Å². The number of primary amides is 1. The van der Waals surface area contributed by atoms with Crippen LogP contribution in [0.2, 0.25) is 0 Å². The smallest absolute Gasteiger partial charge is 0.253 e. The number of benzene rings is 1. The van der Waals surface area contributed by atoms with E-state index in [1.807, 2.05) is 35.2 Å². The summed E-state index contributed by atoms with van der Waals surface area (Å²) in [5.41, 5.74) is 9.16. The van der Waals surface area contributed by atoms with Crippen LogP contribution in [0.1, 0.15) is 63.4 Å². The molecule has 0 saturated carbocycles. The Bertz CT molecular complexity index is 1320. The molecule has 3 aromatic rings. The van der Waals surface area contributed by atoms with Crippen molar-refractivity contribution in [3.05, 3.63) is 77.0 Å². The lowest BCUT2D eigenvalue weighted by Crippen LogP contribution is -2.38. The van der Waals surface area contributed by atoms with Crippen molar-refractivity contribution >= 4 is 17.6 Å². The van der Waals surface area contributed by atoms with Gasteiger partial charge >= 0.3 is 0 Å². The van der Waals surface area contributed by atoms with Crippen LogP contribution >= 0.6 is 0 Å². The quantitative estimate of drug-likeness (QED) is 0.595. The van der Waals surface area contributed by atoms with E-state index in [4.69, 9.17) is 16.0 Å². The van der Waals surface area contributed by atoms with Gasteiger partial charge in [-0.1, -0.05) is 12.1 Å². The fourth-order valence-electron chi connectivity index (χ4n) is 5.09. The fourth-order valence-corrected chi connectivity index (χ4v) is 5.09. The van der Waals surface area contributed by atoms with Crippen LogP contribution < -0.4 is 10.6 Å². The lowest BCUT2D eigenvalue weighted by Gasteiger charge is -2.32. The van der Waals surface area contributed by atoms with Gasteiger partial charge < -0.3 is 15.5 Å². The SMILES string of the molecule is N#Cc1ccc(C2CCN(C(=O)c3ccnc(-c4nc(N5CCCC5)ccc4C(N)=O)c3)CC2)cc1. The van der Waals surface area contributed by atoms with Gasteiger partial charge in [0.05, 0.1) is 22.9 Å². The van der Waals surface area contributed by atoms with Gasteiger partial charge in [0.2, 0.25) is 0 Å². The summed E-state index contributed by atoms with van der Waals surface area (Å²) in [6.45, 7) is 3.15. The van der Waals surface area contributed by atoms with E-state index in [0.717, 1.165) is 44.6 Å². The fraction of sp³-hybridized carbons (Fsp3) is 0.321. The number of amides is 2. The number of piperidine rings is 1. The number of carbonyl (C=O) groups excluding carboxylic acids is 2. The number of hydrogen-bond donors (Lipinski definition) is 1. The summed E-state index contributed by atoms with van der Waals surface area (Å²) in [6, 6.07) is 16.8. The van der Waals surface area contributed by atoms with Gasteiger partial charge in [0.1, 0.15) is 11.5 Å². The molecule has 8 nitrogen and oxygen atoms in total. The van der Waals surface area contributed by atoms with E-state index in [2.05, 4.69) is 16.0 Å². The Kier molecular flexibility index (Phi) is 6.63. The Balaban J connectivity index is 1.34. The van der Waals surface area contributed by atoms with Crippen LogP contribution in [0.3, 0.4) is 0 Å². The normalized spacial score (nSPS) is 16.1. The number of hydrogen-bond acceptors (Lipinski definition) is 6. The molecule has 5 rings (SSSR count). The molecule has 2 fully saturated rings. The predicted octanol–water partition coefficient (Wildman–Crippen LogP) is 3.73. The first-order valence-electron chi connectivity index (χ1n) is 12.3. The average molecular weight is 481 g/mol. The maximum Gasteiger partial charge on any atom is 0.253 e. The van der Waals surface area contributed by atoms with Crippen LogP contribution in [0.4, 0.5) is 5.82 Å². The van der Waals surface area contributed by atoms with E-state index < -0.39 is 5.91 Å². The van der Waals surface area contributed by atoms with Crippen molar-refractivity contribution in [2.24, 2.45) is 5.73 Å². The van der Waals surface area contributed by atoms with Crippen molar-refractivity contribution in [1.29, 1.82) is 5.26 Å². The Morgan fingerprint density at radius 1 is 0.972 bits per heavy atom. The van der Waals surface area contributed by atoms with E-state index >= 15 is 0 Å². The minimum Gasteiger partial charge on any atom is -0.366 e. The molecule has 2 aliphatic rings. The van der Waals surface area contributed by atoms with Crippen molar-refractivity contribution < 1.29 is 9.59 Å². The van der Waals surface area contributed by atoms with Gasteiger partial charge in [0.15, 0.2) is 0 Å². The zero-order valence-corrected chi connectivity index (χ0v) is 20.1. The molecule has 4 heterocycles. The first kappa shape index (κ1) is 23.5. The maximum atomic E-state index is 13.3. The van der Waals surface area contributed by atoms with Gasteiger partial charge in [-0.2, -0.15) is 5.26 Å². The summed E-state index contributed by atoms with van der Waals surface area (Å²) in [5, 5.41) is 9.01. The molecule has 2 aromatic heterocycles. The first-order chi connectivity index (χ1) is 17.5. The van der Waals surface area contributed by atoms with Crippen molar-refractivity contribution in [3.8, 4) is 17.5 Å². The second-order valence-corrected chi connectivity index (χ2v) is 9.35. The molecular weight excluding hydrogens is 452 g/mol. The number of rotatable bonds is 5. The standard InChI is InChI=1S/C28H28N6O2/c29-18-19-3-5-20(6-4-19)21-10-15-34(16-11-21)28(36)22-9-12-31-24(17-22)26-23(27(30)35)7-8-25(32-26)33-13-1-2-14-33/h3-9,12,17,21H,1-2,10-11,13-16H2,(H2,30,35). The molecule has 1 aromatic carbocycles. The zero-order valence-electron chi connectivity index (χ0n) is 20.1. The third kappa shape index (κ3) is 4.78. The lowest BCUT2D eigenvalue weighted by molar-refractivity contribution is 0.0712. The molecule has 0 atom stereocenters. The molecular formula is C28H28N6O2. The molecule has 0 radical (unpaired) electrons. The average Bonchev–Trinajstić information content (AvgIpc) is 3.48. The topological polar surface area (TPSA) is 116 Å². The van der Waals surface area contributed by atoms with Crippen LogP contribution in [0.25, 0.3) is 11.4 Å². The number of carbonyl (C=O) groups is 2.